The van der Waals surface area contributed by atoms with Crippen molar-refractivity contribution in [2.24, 2.45) is 33.7 Å². The number of amides is 5. The molecule has 4 unspecified atom stereocenters. The van der Waals surface area contributed by atoms with Crippen LogP contribution in [-0.2, 0) is 28.8 Å². The SMILES string of the molecule is NC(=O)CCC(NC(=O)C(CCC(N)=O)NC(=O)C1CCCN1C(=O)C(N)CCCN=C(N)N)C(=O)O. The zero-order valence-corrected chi connectivity index (χ0v) is 20.6. The van der Waals surface area contributed by atoms with E-state index in [4.69, 9.17) is 28.7 Å². The minimum absolute atomic E-state index is 0.0753. The first-order valence-electron chi connectivity index (χ1n) is 11.8. The van der Waals surface area contributed by atoms with Crippen molar-refractivity contribution in [1.82, 2.24) is 15.5 Å². The first-order valence-corrected chi connectivity index (χ1v) is 11.8. The normalized spacial score (nSPS) is 17.2. The van der Waals surface area contributed by atoms with Gasteiger partial charge in [-0.2, -0.15) is 0 Å². The van der Waals surface area contributed by atoms with Crippen molar-refractivity contribution in [3.63, 3.8) is 0 Å². The molecule has 208 valence electrons. The predicted octanol–water partition coefficient (Wildman–Crippen LogP) is -4.06. The summed E-state index contributed by atoms with van der Waals surface area (Å²) in [6.45, 7) is 0.575. The molecule has 1 heterocycles. The molecule has 5 amide bonds. The Bertz CT molecular complexity index is 892. The van der Waals surface area contributed by atoms with Crippen molar-refractivity contribution in [3.8, 4) is 0 Å². The Labute approximate surface area is 213 Å². The number of carboxylic acid groups (broad SMARTS) is 1. The summed E-state index contributed by atoms with van der Waals surface area (Å²) >= 11 is 0. The van der Waals surface area contributed by atoms with Gasteiger partial charge in [-0.05, 0) is 38.5 Å². The molecule has 0 aromatic carbocycles. The van der Waals surface area contributed by atoms with Gasteiger partial charge in [0.05, 0.1) is 6.04 Å². The molecule has 0 aromatic rings. The fraction of sp³-hybridized carbons (Fsp3) is 0.667. The molecule has 1 rings (SSSR count). The summed E-state index contributed by atoms with van der Waals surface area (Å²) in [6, 6.07) is -4.57. The summed E-state index contributed by atoms with van der Waals surface area (Å²) in [6.07, 6.45) is 0.540. The van der Waals surface area contributed by atoms with Crippen molar-refractivity contribution in [2.75, 3.05) is 13.1 Å². The number of carbonyl (C=O) groups is 6. The van der Waals surface area contributed by atoms with E-state index in [1.54, 1.807) is 0 Å². The van der Waals surface area contributed by atoms with Crippen LogP contribution in [0.1, 0.15) is 51.4 Å². The van der Waals surface area contributed by atoms with E-state index in [-0.39, 0.29) is 44.6 Å². The highest BCUT2D eigenvalue weighted by Crippen LogP contribution is 2.19. The van der Waals surface area contributed by atoms with Crippen LogP contribution in [0.3, 0.4) is 0 Å². The Morgan fingerprint density at radius 3 is 2.05 bits per heavy atom. The molecular weight excluding hydrogens is 490 g/mol. The Hall–Kier alpha value is -3.95. The van der Waals surface area contributed by atoms with Gasteiger partial charge < -0.3 is 49.3 Å². The quantitative estimate of drug-likeness (QED) is 0.0545. The third kappa shape index (κ3) is 11.1. The topological polar surface area (TPSA) is 292 Å². The second kappa shape index (κ2) is 15.2. The molecular formula is C21H37N9O7. The summed E-state index contributed by atoms with van der Waals surface area (Å²) in [7, 11) is 0. The second-order valence-electron chi connectivity index (χ2n) is 8.72. The summed E-state index contributed by atoms with van der Waals surface area (Å²) < 4.78 is 0. The van der Waals surface area contributed by atoms with Gasteiger partial charge >= 0.3 is 5.97 Å². The lowest BCUT2D eigenvalue weighted by Gasteiger charge is -2.28. The number of nitrogens with zero attached hydrogens (tertiary/aromatic N) is 2. The average Bonchev–Trinajstić information content (AvgIpc) is 3.30. The maximum atomic E-state index is 13.0. The maximum Gasteiger partial charge on any atom is 0.326 e. The van der Waals surface area contributed by atoms with E-state index in [1.165, 1.54) is 4.90 Å². The molecule has 1 aliphatic rings. The van der Waals surface area contributed by atoms with Crippen molar-refractivity contribution >= 4 is 41.5 Å². The van der Waals surface area contributed by atoms with Crippen LogP contribution in [0.5, 0.6) is 0 Å². The van der Waals surface area contributed by atoms with E-state index < -0.39 is 59.7 Å². The van der Waals surface area contributed by atoms with Gasteiger partial charge in [0.2, 0.25) is 29.5 Å². The molecule has 1 saturated heterocycles. The molecule has 16 nitrogen and oxygen atoms in total. The number of nitrogens with one attached hydrogen (secondary N) is 2. The molecule has 0 radical (unpaired) electrons. The smallest absolute Gasteiger partial charge is 0.326 e. The monoisotopic (exact) mass is 527 g/mol. The molecule has 0 saturated carbocycles. The Morgan fingerprint density at radius 2 is 1.51 bits per heavy atom. The lowest BCUT2D eigenvalue weighted by molar-refractivity contribution is -0.143. The van der Waals surface area contributed by atoms with Crippen molar-refractivity contribution in [3.05, 3.63) is 0 Å². The molecule has 13 N–H and O–H groups in total. The fourth-order valence-corrected chi connectivity index (χ4v) is 3.80. The van der Waals surface area contributed by atoms with Crippen LogP contribution in [0.2, 0.25) is 0 Å². The zero-order chi connectivity index (χ0) is 28.1. The van der Waals surface area contributed by atoms with Gasteiger partial charge in [-0.25, -0.2) is 4.79 Å². The van der Waals surface area contributed by atoms with Gasteiger partial charge in [-0.15, -0.1) is 0 Å². The fourth-order valence-electron chi connectivity index (χ4n) is 3.80. The van der Waals surface area contributed by atoms with Gasteiger partial charge in [0.15, 0.2) is 5.96 Å². The highest BCUT2D eigenvalue weighted by atomic mass is 16.4. The molecule has 0 aromatic heterocycles. The van der Waals surface area contributed by atoms with E-state index in [0.717, 1.165) is 0 Å². The van der Waals surface area contributed by atoms with Gasteiger partial charge in [-0.3, -0.25) is 29.0 Å². The molecule has 37 heavy (non-hydrogen) atoms. The highest BCUT2D eigenvalue weighted by Gasteiger charge is 2.37. The van der Waals surface area contributed by atoms with Gasteiger partial charge in [-0.1, -0.05) is 0 Å². The summed E-state index contributed by atoms with van der Waals surface area (Å²) in [5.41, 5.74) is 26.7. The van der Waals surface area contributed by atoms with Gasteiger partial charge in [0, 0.05) is 25.9 Å². The third-order valence-corrected chi connectivity index (χ3v) is 5.73. The number of hydrogen-bond acceptors (Lipinski definition) is 8. The van der Waals surface area contributed by atoms with Crippen LogP contribution in [0.15, 0.2) is 4.99 Å². The second-order valence-corrected chi connectivity index (χ2v) is 8.72. The molecule has 16 heteroatoms. The van der Waals surface area contributed by atoms with E-state index in [9.17, 15) is 33.9 Å². The lowest BCUT2D eigenvalue weighted by atomic mass is 10.1. The van der Waals surface area contributed by atoms with E-state index in [1.807, 2.05) is 0 Å². The van der Waals surface area contributed by atoms with Crippen molar-refractivity contribution in [2.45, 2.75) is 75.5 Å². The van der Waals surface area contributed by atoms with Crippen LogP contribution in [0.25, 0.3) is 0 Å². The van der Waals surface area contributed by atoms with Crippen LogP contribution in [0, 0.1) is 0 Å². The molecule has 1 fully saturated rings. The van der Waals surface area contributed by atoms with Gasteiger partial charge in [0.25, 0.3) is 0 Å². The minimum atomic E-state index is -1.45. The number of aliphatic imine (C=N–C) groups is 1. The average molecular weight is 528 g/mol. The third-order valence-electron chi connectivity index (χ3n) is 5.73. The summed E-state index contributed by atoms with van der Waals surface area (Å²) in [4.78, 5) is 77.6. The standard InChI is InChI=1S/C21H37N9O7/c22-11(3-1-9-27-21(25)26)19(35)30-10-2-4-14(30)18(34)28-12(5-7-15(23)31)17(33)29-13(20(36)37)6-8-16(24)32/h11-14H,1-10,22H2,(H2,23,31)(H2,24,32)(H,28,34)(H,29,33)(H,36,37)(H4,25,26,27). The summed E-state index contributed by atoms with van der Waals surface area (Å²) in [5, 5.41) is 14.1. The number of rotatable bonds is 16. The number of aliphatic carboxylic acids is 1. The molecule has 1 aliphatic heterocycles. The van der Waals surface area contributed by atoms with Gasteiger partial charge in [0.1, 0.15) is 18.1 Å². The van der Waals surface area contributed by atoms with Crippen LogP contribution < -0.4 is 39.3 Å². The zero-order valence-electron chi connectivity index (χ0n) is 20.6. The van der Waals surface area contributed by atoms with Crippen molar-refractivity contribution in [1.29, 1.82) is 0 Å². The first-order chi connectivity index (χ1) is 17.3. The van der Waals surface area contributed by atoms with Crippen LogP contribution >= 0.6 is 0 Å². The summed E-state index contributed by atoms with van der Waals surface area (Å²) in [5.74, 6) is -4.96. The lowest BCUT2D eigenvalue weighted by Crippen LogP contribution is -2.56. The number of nitrogens with two attached hydrogens (primary N) is 5. The minimum Gasteiger partial charge on any atom is -0.480 e. The molecule has 0 spiro atoms. The maximum absolute atomic E-state index is 13.0. The number of guanidine groups is 1. The van der Waals surface area contributed by atoms with Crippen LogP contribution in [-0.4, -0.2) is 88.7 Å². The molecule has 4 atom stereocenters. The Morgan fingerprint density at radius 1 is 0.919 bits per heavy atom. The number of primary amides is 2. The van der Waals surface area contributed by atoms with E-state index >= 15 is 0 Å². The number of carboxylic acids is 1. The molecule has 0 aliphatic carbocycles. The Balaban J connectivity index is 2.88. The highest BCUT2D eigenvalue weighted by molar-refractivity contribution is 5.94. The van der Waals surface area contributed by atoms with Crippen molar-refractivity contribution < 1.29 is 33.9 Å². The van der Waals surface area contributed by atoms with E-state index in [2.05, 4.69) is 15.6 Å². The Kier molecular flexibility index (Phi) is 12.8. The first kappa shape index (κ1) is 31.1. The number of hydrogen-bond donors (Lipinski definition) is 8. The largest absolute Gasteiger partial charge is 0.480 e. The van der Waals surface area contributed by atoms with Crippen LogP contribution in [0.4, 0.5) is 0 Å². The number of carbonyl (C=O) groups excluding carboxylic acids is 5. The van der Waals surface area contributed by atoms with E-state index in [0.29, 0.717) is 25.8 Å². The molecule has 0 bridgehead atoms. The predicted molar refractivity (Wildman–Crippen MR) is 131 cm³/mol. The number of likely N-dealkylation sites (tertiary alicyclic amines) is 1.